The van der Waals surface area contributed by atoms with Crippen LogP contribution in [-0.4, -0.2) is 22.8 Å². The summed E-state index contributed by atoms with van der Waals surface area (Å²) in [4.78, 5) is 17.9. The van der Waals surface area contributed by atoms with Crippen LogP contribution in [-0.2, 0) is 6.54 Å². The van der Waals surface area contributed by atoms with Crippen molar-refractivity contribution < 1.29 is 4.79 Å². The van der Waals surface area contributed by atoms with Crippen molar-refractivity contribution >= 4 is 33.4 Å². The van der Waals surface area contributed by atoms with Crippen LogP contribution in [0.2, 0.25) is 5.02 Å². The highest BCUT2D eigenvalue weighted by Gasteiger charge is 2.13. The third-order valence-corrected chi connectivity index (χ3v) is 3.90. The molecule has 5 heteroatoms. The second-order valence-electron chi connectivity index (χ2n) is 4.15. The van der Waals surface area contributed by atoms with Crippen LogP contribution in [0.5, 0.6) is 0 Å². The smallest absolute Gasteiger partial charge is 0.253 e. The maximum absolute atomic E-state index is 12.3. The number of rotatable bonds is 3. The highest BCUT2D eigenvalue weighted by atomic mass is 79.9. The Labute approximate surface area is 125 Å². The Kier molecular flexibility index (Phi) is 4.56. The first kappa shape index (κ1) is 14.0. The molecule has 2 aromatic rings. The minimum atomic E-state index is -0.0471. The lowest BCUT2D eigenvalue weighted by molar-refractivity contribution is 0.0785. The monoisotopic (exact) mass is 338 g/mol. The summed E-state index contributed by atoms with van der Waals surface area (Å²) >= 11 is 9.24. The zero-order valence-corrected chi connectivity index (χ0v) is 12.6. The molecule has 0 radical (unpaired) electrons. The predicted molar refractivity (Wildman–Crippen MR) is 79.2 cm³/mol. The summed E-state index contributed by atoms with van der Waals surface area (Å²) in [6.45, 7) is 0.543. The second kappa shape index (κ2) is 6.17. The van der Waals surface area contributed by atoms with E-state index in [1.54, 1.807) is 42.5 Å². The van der Waals surface area contributed by atoms with Gasteiger partial charge in [0, 0.05) is 36.0 Å². The lowest BCUT2D eigenvalue weighted by Gasteiger charge is -2.17. The van der Waals surface area contributed by atoms with Gasteiger partial charge in [0.15, 0.2) is 0 Å². The number of hydrogen-bond donors (Lipinski definition) is 0. The van der Waals surface area contributed by atoms with E-state index in [1.807, 2.05) is 12.1 Å². The van der Waals surface area contributed by atoms with Crippen molar-refractivity contribution in [2.75, 3.05) is 7.05 Å². The van der Waals surface area contributed by atoms with E-state index in [0.717, 1.165) is 10.0 Å². The first-order valence-electron chi connectivity index (χ1n) is 5.67. The van der Waals surface area contributed by atoms with E-state index in [2.05, 4.69) is 20.9 Å². The zero-order chi connectivity index (χ0) is 13.8. The number of halogens is 2. The van der Waals surface area contributed by atoms with Gasteiger partial charge in [-0.25, -0.2) is 0 Å². The van der Waals surface area contributed by atoms with E-state index < -0.39 is 0 Å². The van der Waals surface area contributed by atoms with E-state index in [-0.39, 0.29) is 5.91 Å². The van der Waals surface area contributed by atoms with Crippen LogP contribution in [0, 0.1) is 0 Å². The Hall–Kier alpha value is -1.39. The molecular weight excluding hydrogens is 328 g/mol. The molecule has 1 aromatic carbocycles. The van der Waals surface area contributed by atoms with Crippen LogP contribution >= 0.6 is 27.5 Å². The number of benzene rings is 1. The second-order valence-corrected chi connectivity index (χ2v) is 5.41. The lowest BCUT2D eigenvalue weighted by Crippen LogP contribution is -2.26. The van der Waals surface area contributed by atoms with Crippen LogP contribution in [0.4, 0.5) is 0 Å². The molecule has 0 atom stereocenters. The lowest BCUT2D eigenvalue weighted by atomic mass is 10.2. The molecule has 19 heavy (non-hydrogen) atoms. The van der Waals surface area contributed by atoms with Gasteiger partial charge in [0.2, 0.25) is 0 Å². The molecule has 2 rings (SSSR count). The molecule has 0 aliphatic rings. The van der Waals surface area contributed by atoms with Gasteiger partial charge in [-0.05, 0) is 51.8 Å². The van der Waals surface area contributed by atoms with Gasteiger partial charge >= 0.3 is 0 Å². The minimum Gasteiger partial charge on any atom is -0.337 e. The average Bonchev–Trinajstić information content (AvgIpc) is 2.42. The molecule has 3 nitrogen and oxygen atoms in total. The molecule has 0 bridgehead atoms. The number of pyridine rings is 1. The molecule has 0 saturated heterocycles. The van der Waals surface area contributed by atoms with E-state index >= 15 is 0 Å². The molecule has 0 N–H and O–H groups in total. The van der Waals surface area contributed by atoms with Crippen LogP contribution in [0.15, 0.2) is 47.2 Å². The summed E-state index contributed by atoms with van der Waals surface area (Å²) in [6, 6.07) is 8.94. The summed E-state index contributed by atoms with van der Waals surface area (Å²) in [5.74, 6) is -0.0471. The van der Waals surface area contributed by atoms with Gasteiger partial charge in [0.1, 0.15) is 0 Å². The van der Waals surface area contributed by atoms with Gasteiger partial charge in [0.05, 0.1) is 5.02 Å². The Bertz CT molecular complexity index is 589. The van der Waals surface area contributed by atoms with Crippen molar-refractivity contribution in [2.45, 2.75) is 6.54 Å². The van der Waals surface area contributed by atoms with Crippen LogP contribution in [0.3, 0.4) is 0 Å². The summed E-state index contributed by atoms with van der Waals surface area (Å²) in [5, 5.41) is 0.591. The summed E-state index contributed by atoms with van der Waals surface area (Å²) in [5.41, 5.74) is 1.65. The van der Waals surface area contributed by atoms with Crippen molar-refractivity contribution in [1.29, 1.82) is 0 Å². The van der Waals surface area contributed by atoms with Gasteiger partial charge in [-0.15, -0.1) is 0 Å². The fourth-order valence-corrected chi connectivity index (χ4v) is 2.18. The number of nitrogens with zero attached hydrogens (tertiary/aromatic N) is 2. The van der Waals surface area contributed by atoms with Crippen molar-refractivity contribution in [2.24, 2.45) is 0 Å². The third-order valence-electron chi connectivity index (χ3n) is 2.68. The molecule has 0 spiro atoms. The molecule has 0 aliphatic carbocycles. The number of aromatic nitrogens is 1. The van der Waals surface area contributed by atoms with Gasteiger partial charge in [-0.1, -0.05) is 11.6 Å². The third kappa shape index (κ3) is 3.55. The fourth-order valence-electron chi connectivity index (χ4n) is 1.68. The largest absolute Gasteiger partial charge is 0.337 e. The van der Waals surface area contributed by atoms with E-state index in [4.69, 9.17) is 11.6 Å². The number of amides is 1. The summed E-state index contributed by atoms with van der Waals surface area (Å²) in [7, 11) is 1.77. The van der Waals surface area contributed by atoms with E-state index in [1.165, 1.54) is 0 Å². The Morgan fingerprint density at radius 1 is 1.32 bits per heavy atom. The molecule has 1 amide bonds. The maximum atomic E-state index is 12.3. The highest BCUT2D eigenvalue weighted by molar-refractivity contribution is 9.10. The molecule has 1 heterocycles. The molecule has 98 valence electrons. The fraction of sp³-hybridized carbons (Fsp3) is 0.143. The quantitative estimate of drug-likeness (QED) is 0.853. The molecule has 0 saturated carbocycles. The summed E-state index contributed by atoms with van der Waals surface area (Å²) < 4.78 is 0.720. The molecule has 0 fully saturated rings. The Balaban J connectivity index is 2.12. The van der Waals surface area contributed by atoms with Crippen LogP contribution in [0.1, 0.15) is 15.9 Å². The summed E-state index contributed by atoms with van der Waals surface area (Å²) in [6.07, 6.45) is 3.43. The Morgan fingerprint density at radius 2 is 2.00 bits per heavy atom. The van der Waals surface area contributed by atoms with Gasteiger partial charge in [0.25, 0.3) is 5.91 Å². The first-order chi connectivity index (χ1) is 9.08. The predicted octanol–water partition coefficient (Wildman–Crippen LogP) is 3.77. The van der Waals surface area contributed by atoms with E-state index in [0.29, 0.717) is 17.1 Å². The van der Waals surface area contributed by atoms with Gasteiger partial charge in [-0.3, -0.25) is 9.78 Å². The molecule has 1 aromatic heterocycles. The number of carbonyl (C=O) groups is 1. The maximum Gasteiger partial charge on any atom is 0.253 e. The van der Waals surface area contributed by atoms with Crippen molar-refractivity contribution in [3.8, 4) is 0 Å². The van der Waals surface area contributed by atoms with Gasteiger partial charge < -0.3 is 4.90 Å². The standard InChI is InChI=1S/C14H12BrClN2O/c1-18(9-10-4-6-17-7-5-10)14(19)11-2-3-13(16)12(15)8-11/h2-8H,9H2,1H3. The van der Waals surface area contributed by atoms with Crippen molar-refractivity contribution in [1.82, 2.24) is 9.88 Å². The van der Waals surface area contributed by atoms with Crippen LogP contribution in [0.25, 0.3) is 0 Å². The molecule has 0 aliphatic heterocycles. The minimum absolute atomic E-state index is 0.0471. The zero-order valence-electron chi connectivity index (χ0n) is 10.3. The molecule has 0 unspecified atom stereocenters. The average molecular weight is 340 g/mol. The van der Waals surface area contributed by atoms with Crippen molar-refractivity contribution in [3.63, 3.8) is 0 Å². The molecular formula is C14H12BrClN2O. The van der Waals surface area contributed by atoms with Gasteiger partial charge in [-0.2, -0.15) is 0 Å². The topological polar surface area (TPSA) is 33.2 Å². The Morgan fingerprint density at radius 3 is 2.63 bits per heavy atom. The number of carbonyl (C=O) groups excluding carboxylic acids is 1. The SMILES string of the molecule is CN(Cc1ccncc1)C(=O)c1ccc(Cl)c(Br)c1. The highest BCUT2D eigenvalue weighted by Crippen LogP contribution is 2.23. The van der Waals surface area contributed by atoms with Crippen LogP contribution < -0.4 is 0 Å². The van der Waals surface area contributed by atoms with Crippen molar-refractivity contribution in [3.05, 3.63) is 63.3 Å². The van der Waals surface area contributed by atoms with E-state index in [9.17, 15) is 4.79 Å². The first-order valence-corrected chi connectivity index (χ1v) is 6.84. The normalized spacial score (nSPS) is 10.3. The number of hydrogen-bond acceptors (Lipinski definition) is 2.